The van der Waals surface area contributed by atoms with Crippen LogP contribution in [-0.4, -0.2) is 56.7 Å². The van der Waals surface area contributed by atoms with Crippen LogP contribution < -0.4 is 5.32 Å². The summed E-state index contributed by atoms with van der Waals surface area (Å²) >= 11 is 0. The van der Waals surface area contributed by atoms with Crippen molar-refractivity contribution in [3.8, 4) is 0 Å². The van der Waals surface area contributed by atoms with Crippen molar-refractivity contribution < 1.29 is 24.5 Å². The van der Waals surface area contributed by atoms with Crippen molar-refractivity contribution in [3.05, 3.63) is 137 Å². The van der Waals surface area contributed by atoms with Crippen molar-refractivity contribution >= 4 is 22.6 Å². The minimum atomic E-state index is -0.707. The maximum absolute atomic E-state index is 13.1. The molecule has 5 unspecified atom stereocenters. The number of likely N-dealkylation sites (N-methyl/N-ethyl adjacent to an activating group) is 1. The maximum Gasteiger partial charge on any atom is 0.275 e. The van der Waals surface area contributed by atoms with Gasteiger partial charge in [0.15, 0.2) is 6.29 Å². The van der Waals surface area contributed by atoms with Crippen LogP contribution >= 0.6 is 0 Å². The van der Waals surface area contributed by atoms with Crippen LogP contribution in [0.2, 0.25) is 0 Å². The Bertz CT molecular complexity index is 1770. The molecule has 4 aromatic carbocycles. The Labute approximate surface area is 268 Å². The zero-order valence-corrected chi connectivity index (χ0v) is 25.9. The highest BCUT2D eigenvalue weighted by Crippen LogP contribution is 2.39. The Hall–Kier alpha value is -4.51. The van der Waals surface area contributed by atoms with Gasteiger partial charge in [0.25, 0.3) is 5.91 Å². The summed E-state index contributed by atoms with van der Waals surface area (Å²) in [4.78, 5) is 24.0. The summed E-state index contributed by atoms with van der Waals surface area (Å²) in [6, 6.07) is 32.1. The number of hydrogen-bond acceptors (Lipinski definition) is 8. The minimum absolute atomic E-state index is 0.0319. The van der Waals surface area contributed by atoms with Crippen LogP contribution in [-0.2, 0) is 16.1 Å². The summed E-state index contributed by atoms with van der Waals surface area (Å²) in [5.41, 5.74) is 5.58. The zero-order chi connectivity index (χ0) is 32.0. The third-order valence-corrected chi connectivity index (χ3v) is 8.50. The monoisotopic (exact) mass is 618 g/mol. The van der Waals surface area contributed by atoms with Gasteiger partial charge in [-0.05, 0) is 54.9 Å². The van der Waals surface area contributed by atoms with Gasteiger partial charge in [0.2, 0.25) is 0 Å². The smallest absolute Gasteiger partial charge is 0.275 e. The minimum Gasteiger partial charge on any atom is -0.392 e. The standard InChI is InChI=1S/C37H38N4O5/c1-24(35(43)27-9-4-3-5-10-27)41(2)22-30-20-34(26-17-15-25(23-42)16-18-26)46-37(45-30)28-11-8-12-29(19-28)39-36(44)33-21-38-31-13-6-7-14-32(31)40-33/h3-19,21,24,30,34-35,37,42-43H,20,22-23H2,1-2H3,(H,39,44). The number of aliphatic hydroxyl groups excluding tert-OH is 2. The van der Waals surface area contributed by atoms with Crippen molar-refractivity contribution in [1.82, 2.24) is 14.9 Å². The molecule has 0 aliphatic carbocycles. The topological polar surface area (TPSA) is 117 Å². The van der Waals surface area contributed by atoms with E-state index in [0.29, 0.717) is 24.2 Å². The molecule has 1 aliphatic heterocycles. The first-order valence-electron chi connectivity index (χ1n) is 15.4. The Morgan fingerprint density at radius 1 is 0.935 bits per heavy atom. The molecule has 0 saturated carbocycles. The molecule has 3 N–H and O–H groups in total. The van der Waals surface area contributed by atoms with Gasteiger partial charge in [0, 0.05) is 30.3 Å². The number of para-hydroxylation sites is 2. The van der Waals surface area contributed by atoms with E-state index in [4.69, 9.17) is 9.47 Å². The second kappa shape index (κ2) is 14.3. The molecule has 2 heterocycles. The van der Waals surface area contributed by atoms with Gasteiger partial charge in [-0.1, -0.05) is 78.9 Å². The van der Waals surface area contributed by atoms with E-state index in [2.05, 4.69) is 20.2 Å². The number of aromatic nitrogens is 2. The molecular formula is C37H38N4O5. The van der Waals surface area contributed by atoms with Gasteiger partial charge in [-0.15, -0.1) is 0 Å². The fourth-order valence-corrected chi connectivity index (χ4v) is 5.72. The molecule has 1 aromatic heterocycles. The van der Waals surface area contributed by atoms with E-state index in [1.807, 2.05) is 117 Å². The van der Waals surface area contributed by atoms with Crippen molar-refractivity contribution in [2.45, 2.75) is 50.6 Å². The lowest BCUT2D eigenvalue weighted by Crippen LogP contribution is -2.43. The predicted octanol–water partition coefficient (Wildman–Crippen LogP) is 5.97. The summed E-state index contributed by atoms with van der Waals surface area (Å²) in [7, 11) is 1.99. The molecule has 5 atom stereocenters. The van der Waals surface area contributed by atoms with E-state index < -0.39 is 12.4 Å². The molecule has 9 nitrogen and oxygen atoms in total. The number of carbonyl (C=O) groups excluding carboxylic acids is 1. The summed E-state index contributed by atoms with van der Waals surface area (Å²) in [5, 5.41) is 23.5. The number of fused-ring (bicyclic) bond motifs is 1. The molecular weight excluding hydrogens is 580 g/mol. The Morgan fingerprint density at radius 2 is 1.67 bits per heavy atom. The fourth-order valence-electron chi connectivity index (χ4n) is 5.72. The first-order chi connectivity index (χ1) is 22.4. The van der Waals surface area contributed by atoms with E-state index in [-0.39, 0.29) is 36.5 Å². The fraction of sp³-hybridized carbons (Fsp3) is 0.270. The number of carbonyl (C=O) groups is 1. The van der Waals surface area contributed by atoms with E-state index in [1.54, 1.807) is 0 Å². The van der Waals surface area contributed by atoms with Crippen LogP contribution in [0.1, 0.15) is 64.6 Å². The number of aliphatic hydroxyl groups is 2. The molecule has 1 aliphatic rings. The molecule has 0 bridgehead atoms. The molecule has 46 heavy (non-hydrogen) atoms. The van der Waals surface area contributed by atoms with Crippen LogP contribution in [0.5, 0.6) is 0 Å². The number of nitrogens with zero attached hydrogens (tertiary/aromatic N) is 3. The first kappa shape index (κ1) is 31.5. The van der Waals surface area contributed by atoms with E-state index in [1.165, 1.54) is 6.20 Å². The lowest BCUT2D eigenvalue weighted by Gasteiger charge is -2.39. The van der Waals surface area contributed by atoms with Crippen molar-refractivity contribution in [1.29, 1.82) is 0 Å². The maximum atomic E-state index is 13.1. The number of ether oxygens (including phenoxy) is 2. The summed E-state index contributed by atoms with van der Waals surface area (Å²) < 4.78 is 13.1. The largest absolute Gasteiger partial charge is 0.392 e. The third kappa shape index (κ3) is 7.31. The van der Waals surface area contributed by atoms with Gasteiger partial charge in [-0.25, -0.2) is 4.98 Å². The van der Waals surface area contributed by atoms with Crippen LogP contribution in [0.4, 0.5) is 5.69 Å². The van der Waals surface area contributed by atoms with Crippen LogP contribution in [0.15, 0.2) is 109 Å². The molecule has 1 amide bonds. The molecule has 0 spiro atoms. The zero-order valence-electron chi connectivity index (χ0n) is 25.9. The van der Waals surface area contributed by atoms with Gasteiger partial charge in [0.1, 0.15) is 5.69 Å². The van der Waals surface area contributed by atoms with Crippen LogP contribution in [0, 0.1) is 0 Å². The normalized spacial score (nSPS) is 19.5. The molecule has 5 aromatic rings. The Balaban J connectivity index is 1.21. The Morgan fingerprint density at radius 3 is 2.43 bits per heavy atom. The molecule has 0 radical (unpaired) electrons. The van der Waals surface area contributed by atoms with Crippen molar-refractivity contribution in [3.63, 3.8) is 0 Å². The van der Waals surface area contributed by atoms with Crippen LogP contribution in [0.3, 0.4) is 0 Å². The van der Waals surface area contributed by atoms with Gasteiger partial charge in [0.05, 0.1) is 42.1 Å². The third-order valence-electron chi connectivity index (χ3n) is 8.50. The number of nitrogens with one attached hydrogen (secondary N) is 1. The average Bonchev–Trinajstić information content (AvgIpc) is 3.11. The Kier molecular flexibility index (Phi) is 9.77. The highest BCUT2D eigenvalue weighted by Gasteiger charge is 2.34. The highest BCUT2D eigenvalue weighted by atomic mass is 16.7. The lowest BCUT2D eigenvalue weighted by atomic mass is 9.98. The summed E-state index contributed by atoms with van der Waals surface area (Å²) in [6.45, 7) is 2.54. The highest BCUT2D eigenvalue weighted by molar-refractivity contribution is 6.03. The lowest BCUT2D eigenvalue weighted by molar-refractivity contribution is -0.253. The quantitative estimate of drug-likeness (QED) is 0.175. The molecule has 1 fully saturated rings. The first-order valence-corrected chi connectivity index (χ1v) is 15.4. The molecule has 1 saturated heterocycles. The van der Waals surface area contributed by atoms with Crippen molar-refractivity contribution in [2.24, 2.45) is 0 Å². The van der Waals surface area contributed by atoms with Crippen molar-refractivity contribution in [2.75, 3.05) is 18.9 Å². The molecule has 236 valence electrons. The number of anilines is 1. The predicted molar refractivity (Wildman–Crippen MR) is 176 cm³/mol. The van der Waals surface area contributed by atoms with Gasteiger partial charge >= 0.3 is 0 Å². The number of rotatable bonds is 10. The number of hydrogen-bond donors (Lipinski definition) is 3. The van der Waals surface area contributed by atoms with Gasteiger partial charge in [-0.3, -0.25) is 14.7 Å². The summed E-state index contributed by atoms with van der Waals surface area (Å²) in [6.07, 6.45) is 0.217. The van der Waals surface area contributed by atoms with E-state index >= 15 is 0 Å². The average molecular weight is 619 g/mol. The summed E-state index contributed by atoms with van der Waals surface area (Å²) in [5.74, 6) is -0.367. The second-order valence-electron chi connectivity index (χ2n) is 11.7. The SMILES string of the molecule is CC(C(O)c1ccccc1)N(C)CC1CC(c2ccc(CO)cc2)OC(c2cccc(NC(=O)c3cnc4ccccc4n3)c2)O1. The number of benzene rings is 4. The van der Waals surface area contributed by atoms with E-state index in [0.717, 1.165) is 27.8 Å². The molecule has 9 heteroatoms. The number of amides is 1. The van der Waals surface area contributed by atoms with E-state index in [9.17, 15) is 15.0 Å². The van der Waals surface area contributed by atoms with Gasteiger partial charge in [-0.2, -0.15) is 0 Å². The second-order valence-corrected chi connectivity index (χ2v) is 11.7. The van der Waals surface area contributed by atoms with Crippen LogP contribution in [0.25, 0.3) is 11.0 Å². The van der Waals surface area contributed by atoms with Gasteiger partial charge < -0.3 is 25.0 Å². The molecule has 6 rings (SSSR count).